The molecule has 1 aromatic rings. The van der Waals surface area contributed by atoms with E-state index in [-0.39, 0.29) is 0 Å². The number of benzene rings is 1. The van der Waals surface area contributed by atoms with E-state index in [0.29, 0.717) is 6.54 Å². The summed E-state index contributed by atoms with van der Waals surface area (Å²) in [5.41, 5.74) is 10.2. The van der Waals surface area contributed by atoms with E-state index in [9.17, 15) is 0 Å². The zero-order valence-corrected chi connectivity index (χ0v) is 9.65. The number of nitrogens with two attached hydrogens (primary N) is 1. The van der Waals surface area contributed by atoms with Gasteiger partial charge in [-0.1, -0.05) is 0 Å². The van der Waals surface area contributed by atoms with Crippen LogP contribution >= 0.6 is 0 Å². The van der Waals surface area contributed by atoms with Gasteiger partial charge in [-0.2, -0.15) is 0 Å². The lowest BCUT2D eigenvalue weighted by molar-refractivity contribution is 0.970. The molecule has 0 aliphatic carbocycles. The lowest BCUT2D eigenvalue weighted by Crippen LogP contribution is -2.09. The highest BCUT2D eigenvalue weighted by Gasteiger charge is 2.07. The van der Waals surface area contributed by atoms with Crippen molar-refractivity contribution < 1.29 is 0 Å². The molecule has 0 saturated carbocycles. The Morgan fingerprint density at radius 1 is 1.00 bits per heavy atom. The highest BCUT2D eigenvalue weighted by molar-refractivity contribution is 5.73. The van der Waals surface area contributed by atoms with Crippen molar-refractivity contribution in [1.29, 1.82) is 0 Å². The van der Waals surface area contributed by atoms with E-state index < -0.39 is 0 Å². The van der Waals surface area contributed by atoms with Gasteiger partial charge in [-0.3, -0.25) is 0 Å². The fourth-order valence-electron chi connectivity index (χ4n) is 1.68. The van der Waals surface area contributed by atoms with Crippen LogP contribution in [-0.4, -0.2) is 27.7 Å². The summed E-state index contributed by atoms with van der Waals surface area (Å²) in [6.45, 7) is 0.655. The van der Waals surface area contributed by atoms with Crippen LogP contribution < -0.4 is 21.7 Å². The molecule has 0 fully saturated rings. The molecule has 4 nitrogen and oxygen atoms in total. The van der Waals surface area contributed by atoms with Crippen molar-refractivity contribution in [3.05, 3.63) is 17.7 Å². The molecule has 0 heterocycles. The quantitative estimate of drug-likeness (QED) is 0.589. The van der Waals surface area contributed by atoms with Gasteiger partial charge < -0.3 is 21.7 Å². The normalized spacial score (nSPS) is 9.87. The van der Waals surface area contributed by atoms with E-state index in [1.54, 1.807) is 0 Å². The molecule has 0 unspecified atom stereocenters. The second-order valence-electron chi connectivity index (χ2n) is 3.34. The van der Waals surface area contributed by atoms with Gasteiger partial charge in [0.15, 0.2) is 0 Å². The van der Waals surface area contributed by atoms with Gasteiger partial charge in [0.05, 0.1) is 0 Å². The molecule has 0 atom stereocenters. The van der Waals surface area contributed by atoms with Crippen LogP contribution in [0.4, 0.5) is 17.1 Å². The van der Waals surface area contributed by atoms with E-state index >= 15 is 0 Å². The summed E-state index contributed by atoms with van der Waals surface area (Å²) in [5, 5.41) is 9.52. The van der Waals surface area contributed by atoms with E-state index in [0.717, 1.165) is 23.5 Å². The summed E-state index contributed by atoms with van der Waals surface area (Å²) in [6.07, 6.45) is 0.871. The first kappa shape index (κ1) is 11.7. The van der Waals surface area contributed by atoms with Gasteiger partial charge >= 0.3 is 0 Å². The first-order valence-electron chi connectivity index (χ1n) is 5.17. The molecule has 0 aromatic heterocycles. The Morgan fingerprint density at radius 3 is 1.87 bits per heavy atom. The predicted octanol–water partition coefficient (Wildman–Crippen LogP) is 1.31. The molecular weight excluding hydrogens is 188 g/mol. The monoisotopic (exact) mass is 208 g/mol. The summed E-state index contributed by atoms with van der Waals surface area (Å²) in [4.78, 5) is 0. The first-order chi connectivity index (χ1) is 7.26. The molecule has 0 amide bonds. The lowest BCUT2D eigenvalue weighted by atomic mass is 10.1. The van der Waals surface area contributed by atoms with Crippen molar-refractivity contribution >= 4 is 17.1 Å². The minimum absolute atomic E-state index is 0.655. The van der Waals surface area contributed by atoms with Gasteiger partial charge in [-0.05, 0) is 30.7 Å². The van der Waals surface area contributed by atoms with Crippen LogP contribution in [0, 0.1) is 0 Å². The Morgan fingerprint density at radius 2 is 1.53 bits per heavy atom. The maximum Gasteiger partial charge on any atom is 0.0412 e. The Kier molecular flexibility index (Phi) is 4.24. The fraction of sp³-hybridized carbons (Fsp3) is 0.455. The van der Waals surface area contributed by atoms with Crippen LogP contribution in [0.2, 0.25) is 0 Å². The zero-order valence-electron chi connectivity index (χ0n) is 9.65. The third-order valence-electron chi connectivity index (χ3n) is 2.47. The van der Waals surface area contributed by atoms with Crippen LogP contribution in [0.15, 0.2) is 12.1 Å². The molecule has 0 bridgehead atoms. The average Bonchev–Trinajstić information content (AvgIpc) is 2.29. The van der Waals surface area contributed by atoms with Crippen LogP contribution in [0.1, 0.15) is 5.56 Å². The Hall–Kier alpha value is -1.42. The second kappa shape index (κ2) is 5.46. The number of nitrogens with one attached hydrogen (secondary N) is 3. The highest BCUT2D eigenvalue weighted by Crippen LogP contribution is 2.29. The van der Waals surface area contributed by atoms with E-state index in [1.165, 1.54) is 5.56 Å². The molecule has 15 heavy (non-hydrogen) atoms. The van der Waals surface area contributed by atoms with Crippen molar-refractivity contribution in [2.45, 2.75) is 6.42 Å². The molecule has 0 radical (unpaired) electrons. The number of rotatable bonds is 5. The van der Waals surface area contributed by atoms with Gasteiger partial charge in [0, 0.05) is 38.2 Å². The van der Waals surface area contributed by atoms with Crippen molar-refractivity contribution in [3.63, 3.8) is 0 Å². The van der Waals surface area contributed by atoms with E-state index in [2.05, 4.69) is 28.1 Å². The Balaban J connectivity index is 3.19. The first-order valence-corrected chi connectivity index (χ1v) is 5.17. The summed E-state index contributed by atoms with van der Waals surface area (Å²) in [5.74, 6) is 0. The molecule has 1 rings (SSSR count). The topological polar surface area (TPSA) is 62.1 Å². The lowest BCUT2D eigenvalue weighted by Gasteiger charge is -2.16. The third-order valence-corrected chi connectivity index (χ3v) is 2.47. The smallest absolute Gasteiger partial charge is 0.0412 e. The fourth-order valence-corrected chi connectivity index (χ4v) is 1.68. The molecule has 0 spiro atoms. The second-order valence-corrected chi connectivity index (χ2v) is 3.34. The van der Waals surface area contributed by atoms with Crippen molar-refractivity contribution in [3.8, 4) is 0 Å². The van der Waals surface area contributed by atoms with Gasteiger partial charge in [-0.25, -0.2) is 0 Å². The van der Waals surface area contributed by atoms with E-state index in [4.69, 9.17) is 5.73 Å². The number of hydrogen-bond donors (Lipinski definition) is 4. The van der Waals surface area contributed by atoms with Gasteiger partial charge in [0.25, 0.3) is 0 Å². The zero-order chi connectivity index (χ0) is 11.3. The predicted molar refractivity (Wildman–Crippen MR) is 67.8 cm³/mol. The SMILES string of the molecule is CNc1cc(NC)c(CCN)c(NC)c1. The largest absolute Gasteiger partial charge is 0.388 e. The summed E-state index contributed by atoms with van der Waals surface area (Å²) >= 11 is 0. The minimum Gasteiger partial charge on any atom is -0.388 e. The van der Waals surface area contributed by atoms with Crippen LogP contribution in [0.25, 0.3) is 0 Å². The summed E-state index contributed by atoms with van der Waals surface area (Å²) in [7, 11) is 5.76. The van der Waals surface area contributed by atoms with Crippen LogP contribution in [0.5, 0.6) is 0 Å². The maximum absolute atomic E-state index is 5.61. The molecule has 0 saturated heterocycles. The Labute approximate surface area is 91.2 Å². The Bertz CT molecular complexity index is 297. The van der Waals surface area contributed by atoms with Gasteiger partial charge in [0.2, 0.25) is 0 Å². The average molecular weight is 208 g/mol. The minimum atomic E-state index is 0.655. The number of anilines is 3. The van der Waals surface area contributed by atoms with Crippen LogP contribution in [0.3, 0.4) is 0 Å². The maximum atomic E-state index is 5.61. The third kappa shape index (κ3) is 2.53. The van der Waals surface area contributed by atoms with Gasteiger partial charge in [-0.15, -0.1) is 0 Å². The molecule has 4 heteroatoms. The molecule has 1 aromatic carbocycles. The number of hydrogen-bond acceptors (Lipinski definition) is 4. The standard InChI is InChI=1S/C11H20N4/c1-13-8-6-10(14-2)9(4-5-12)11(7-8)15-3/h6-7,13-15H,4-5,12H2,1-3H3. The molecule has 5 N–H and O–H groups in total. The molecular formula is C11H20N4. The van der Waals surface area contributed by atoms with Crippen molar-refractivity contribution in [2.24, 2.45) is 5.73 Å². The van der Waals surface area contributed by atoms with Crippen molar-refractivity contribution in [2.75, 3.05) is 43.6 Å². The summed E-state index contributed by atoms with van der Waals surface area (Å²) < 4.78 is 0. The van der Waals surface area contributed by atoms with Gasteiger partial charge in [0.1, 0.15) is 0 Å². The van der Waals surface area contributed by atoms with Crippen molar-refractivity contribution in [1.82, 2.24) is 0 Å². The molecule has 0 aliphatic heterocycles. The molecule has 84 valence electrons. The summed E-state index contributed by atoms with van der Waals surface area (Å²) in [6, 6.07) is 4.18. The van der Waals surface area contributed by atoms with Crippen LogP contribution in [-0.2, 0) is 6.42 Å². The van der Waals surface area contributed by atoms with E-state index in [1.807, 2.05) is 21.1 Å². The molecule has 0 aliphatic rings. The highest BCUT2D eigenvalue weighted by atomic mass is 14.9.